The van der Waals surface area contributed by atoms with Gasteiger partial charge in [-0.25, -0.2) is 9.18 Å². The average molecular weight is 519 g/mol. The summed E-state index contributed by atoms with van der Waals surface area (Å²) in [5.74, 6) is 1.65. The molecule has 0 amide bonds. The van der Waals surface area contributed by atoms with Gasteiger partial charge in [-0.05, 0) is 48.6 Å². The molecule has 0 saturated carbocycles. The molecule has 0 radical (unpaired) electrons. The number of aromatic nitrogens is 4. The molecule has 2 unspecified atom stereocenters. The maximum absolute atomic E-state index is 13.8. The predicted octanol–water partition coefficient (Wildman–Crippen LogP) is 2.16. The van der Waals surface area contributed by atoms with Crippen LogP contribution in [0.5, 0.6) is 5.75 Å². The van der Waals surface area contributed by atoms with Crippen molar-refractivity contribution in [3.05, 3.63) is 86.8 Å². The van der Waals surface area contributed by atoms with E-state index in [2.05, 4.69) is 10.2 Å². The average Bonchev–Trinajstić information content (AvgIpc) is 3.65. The smallest absolute Gasteiger partial charge is 0.332 e. The Labute approximate surface area is 219 Å². The zero-order valence-electron chi connectivity index (χ0n) is 21.3. The Bertz CT molecular complexity index is 1560. The third-order valence-electron chi connectivity index (χ3n) is 7.78. The minimum Gasteiger partial charge on any atom is -0.492 e. The van der Waals surface area contributed by atoms with Crippen LogP contribution in [-0.4, -0.2) is 51.0 Å². The van der Waals surface area contributed by atoms with E-state index in [9.17, 15) is 14.0 Å². The Morgan fingerprint density at radius 3 is 2.61 bits per heavy atom. The summed E-state index contributed by atoms with van der Waals surface area (Å²) in [4.78, 5) is 34.2. The van der Waals surface area contributed by atoms with Gasteiger partial charge in [0.05, 0.1) is 6.54 Å². The van der Waals surface area contributed by atoms with E-state index in [0.29, 0.717) is 47.8 Å². The van der Waals surface area contributed by atoms with Gasteiger partial charge in [0.15, 0.2) is 11.2 Å². The fourth-order valence-electron chi connectivity index (χ4n) is 5.75. The first-order chi connectivity index (χ1) is 18.5. The van der Waals surface area contributed by atoms with Crippen molar-refractivity contribution in [3.63, 3.8) is 0 Å². The molecule has 2 aliphatic heterocycles. The maximum atomic E-state index is 13.8. The van der Waals surface area contributed by atoms with Gasteiger partial charge in [-0.15, -0.1) is 0 Å². The van der Waals surface area contributed by atoms with E-state index in [1.165, 1.54) is 21.3 Å². The summed E-state index contributed by atoms with van der Waals surface area (Å²) in [7, 11) is 1.66. The Morgan fingerprint density at radius 1 is 1.03 bits per heavy atom. The number of imidazole rings is 1. The van der Waals surface area contributed by atoms with Gasteiger partial charge in [-0.3, -0.25) is 13.9 Å². The molecule has 9 nitrogen and oxygen atoms in total. The predicted molar refractivity (Wildman–Crippen MR) is 143 cm³/mol. The number of halogens is 1. The van der Waals surface area contributed by atoms with Crippen LogP contribution in [0, 0.1) is 11.7 Å². The molecule has 2 aromatic heterocycles. The Balaban J connectivity index is 1.40. The lowest BCUT2D eigenvalue weighted by Gasteiger charge is -2.25. The second-order valence-electron chi connectivity index (χ2n) is 10.0. The van der Waals surface area contributed by atoms with Crippen molar-refractivity contribution < 1.29 is 9.13 Å². The van der Waals surface area contributed by atoms with Gasteiger partial charge in [0, 0.05) is 39.3 Å². The van der Waals surface area contributed by atoms with Crippen molar-refractivity contribution >= 4 is 17.1 Å². The number of rotatable bonds is 8. The number of hydrogen-bond donors (Lipinski definition) is 1. The van der Waals surface area contributed by atoms with Gasteiger partial charge in [-0.1, -0.05) is 30.3 Å². The van der Waals surface area contributed by atoms with Crippen molar-refractivity contribution in [2.24, 2.45) is 13.0 Å². The Hall–Kier alpha value is -3.92. The summed E-state index contributed by atoms with van der Waals surface area (Å²) < 4.78 is 23.9. The minimum atomic E-state index is -0.421. The number of aryl methyl sites for hydroxylation is 3. The third-order valence-corrected chi connectivity index (χ3v) is 7.78. The summed E-state index contributed by atoms with van der Waals surface area (Å²) in [6, 6.07) is 16.0. The Morgan fingerprint density at radius 2 is 1.82 bits per heavy atom. The number of para-hydroxylation sites is 1. The molecule has 2 atom stereocenters. The molecule has 198 valence electrons. The fraction of sp³-hybridized carbons (Fsp3) is 0.393. The molecule has 0 aliphatic carbocycles. The number of anilines is 1. The largest absolute Gasteiger partial charge is 0.492 e. The molecule has 2 saturated heterocycles. The monoisotopic (exact) mass is 518 g/mol. The van der Waals surface area contributed by atoms with Crippen LogP contribution in [0.15, 0.2) is 64.2 Å². The molecular formula is C28H31FN6O3. The number of nitrogens with one attached hydrogen (secondary N) is 1. The van der Waals surface area contributed by atoms with Gasteiger partial charge in [-0.2, -0.15) is 4.98 Å². The molecule has 6 rings (SSSR count). The summed E-state index contributed by atoms with van der Waals surface area (Å²) in [6.07, 6.45) is 1.65. The van der Waals surface area contributed by atoms with Crippen LogP contribution in [0.1, 0.15) is 12.0 Å². The maximum Gasteiger partial charge on any atom is 0.332 e. The SMILES string of the molecule is Cn1c(=O)n(CCOc2ccccc2)c(=O)c2c1nc(N1CCC3CNCC31)n2CCc1ccc(F)cc1. The van der Waals surface area contributed by atoms with Gasteiger partial charge >= 0.3 is 5.69 Å². The van der Waals surface area contributed by atoms with Crippen LogP contribution in [-0.2, 0) is 26.6 Å². The quantitative estimate of drug-likeness (QED) is 0.385. The second kappa shape index (κ2) is 10.1. The zero-order valence-corrected chi connectivity index (χ0v) is 21.3. The van der Waals surface area contributed by atoms with Crippen molar-refractivity contribution in [3.8, 4) is 5.75 Å². The highest BCUT2D eigenvalue weighted by atomic mass is 19.1. The normalized spacial score (nSPS) is 18.8. The highest BCUT2D eigenvalue weighted by Crippen LogP contribution is 2.33. The lowest BCUT2D eigenvalue weighted by atomic mass is 10.1. The van der Waals surface area contributed by atoms with Crippen molar-refractivity contribution in [2.45, 2.75) is 32.0 Å². The summed E-state index contributed by atoms with van der Waals surface area (Å²) in [6.45, 7) is 3.47. The van der Waals surface area contributed by atoms with Crippen LogP contribution < -0.4 is 26.2 Å². The number of ether oxygens (including phenoxy) is 1. The molecular weight excluding hydrogens is 487 g/mol. The van der Waals surface area contributed by atoms with Crippen molar-refractivity contribution in [2.75, 3.05) is 31.1 Å². The van der Waals surface area contributed by atoms with Gasteiger partial charge in [0.2, 0.25) is 5.95 Å². The first kappa shape index (κ1) is 24.4. The fourth-order valence-corrected chi connectivity index (χ4v) is 5.75. The summed E-state index contributed by atoms with van der Waals surface area (Å²) in [5.41, 5.74) is 0.943. The van der Waals surface area contributed by atoms with E-state index in [1.54, 1.807) is 19.2 Å². The van der Waals surface area contributed by atoms with E-state index < -0.39 is 5.69 Å². The van der Waals surface area contributed by atoms with Crippen LogP contribution in [0.2, 0.25) is 0 Å². The molecule has 2 aromatic carbocycles. The van der Waals surface area contributed by atoms with Crippen molar-refractivity contribution in [1.82, 2.24) is 24.0 Å². The van der Waals surface area contributed by atoms with Crippen LogP contribution in [0.25, 0.3) is 11.2 Å². The van der Waals surface area contributed by atoms with Crippen LogP contribution in [0.3, 0.4) is 0 Å². The molecule has 38 heavy (non-hydrogen) atoms. The molecule has 0 spiro atoms. The second-order valence-corrected chi connectivity index (χ2v) is 10.0. The molecule has 0 bridgehead atoms. The molecule has 2 fully saturated rings. The van der Waals surface area contributed by atoms with Crippen LogP contribution in [0.4, 0.5) is 10.3 Å². The van der Waals surface area contributed by atoms with Gasteiger partial charge < -0.3 is 19.5 Å². The number of fused-ring (bicyclic) bond motifs is 2. The first-order valence-electron chi connectivity index (χ1n) is 13.1. The molecule has 4 aromatic rings. The highest BCUT2D eigenvalue weighted by molar-refractivity contribution is 5.75. The first-order valence-corrected chi connectivity index (χ1v) is 13.1. The lowest BCUT2D eigenvalue weighted by molar-refractivity contribution is 0.292. The van der Waals surface area contributed by atoms with E-state index in [4.69, 9.17) is 9.72 Å². The minimum absolute atomic E-state index is 0.118. The van der Waals surface area contributed by atoms with E-state index in [-0.39, 0.29) is 24.5 Å². The molecule has 2 aliphatic rings. The van der Waals surface area contributed by atoms with Gasteiger partial charge in [0.25, 0.3) is 5.56 Å². The standard InChI is InChI=1S/C28H31FN6O3/c1-32-25-24(26(36)35(28(32)37)15-16-38-22-5-3-2-4-6-22)34(13-11-19-7-9-21(29)10-8-19)27(31-25)33-14-12-20-17-30-18-23(20)33/h2-10,20,23,30H,11-18H2,1H3. The molecule has 4 heterocycles. The Kier molecular flexibility index (Phi) is 6.49. The molecule has 10 heteroatoms. The van der Waals surface area contributed by atoms with E-state index in [1.807, 2.05) is 34.9 Å². The third kappa shape index (κ3) is 4.38. The summed E-state index contributed by atoms with van der Waals surface area (Å²) >= 11 is 0. The highest BCUT2D eigenvalue weighted by Gasteiger charge is 2.40. The number of hydrogen-bond acceptors (Lipinski definition) is 6. The van der Waals surface area contributed by atoms with Crippen LogP contribution >= 0.6 is 0 Å². The summed E-state index contributed by atoms with van der Waals surface area (Å²) in [5, 5.41) is 3.47. The van der Waals surface area contributed by atoms with Crippen molar-refractivity contribution in [1.29, 1.82) is 0 Å². The van der Waals surface area contributed by atoms with E-state index in [0.717, 1.165) is 31.6 Å². The zero-order chi connectivity index (χ0) is 26.2. The number of benzene rings is 2. The molecule has 1 N–H and O–H groups in total. The number of nitrogens with zero attached hydrogens (tertiary/aromatic N) is 5. The van der Waals surface area contributed by atoms with Gasteiger partial charge in [0.1, 0.15) is 18.2 Å². The lowest BCUT2D eigenvalue weighted by Crippen LogP contribution is -2.41. The topological polar surface area (TPSA) is 86.3 Å². The van der Waals surface area contributed by atoms with E-state index >= 15 is 0 Å².